The maximum Gasteiger partial charge on any atom is 0.322 e. The number of anilines is 1. The number of urea groups is 1. The average molecular weight is 581 g/mol. The Kier molecular flexibility index (Phi) is 10.8. The summed E-state index contributed by atoms with van der Waals surface area (Å²) in [7, 11) is 3.09. The normalized spacial score (nSPS) is 13.4. The van der Waals surface area contributed by atoms with Crippen molar-refractivity contribution in [2.24, 2.45) is 0 Å². The van der Waals surface area contributed by atoms with Gasteiger partial charge >= 0.3 is 6.03 Å². The van der Waals surface area contributed by atoms with Crippen LogP contribution in [0.2, 0.25) is 0 Å². The smallest absolute Gasteiger partial charge is 0.322 e. The lowest BCUT2D eigenvalue weighted by Crippen LogP contribution is -2.40. The molecule has 218 valence electrons. The zero-order chi connectivity index (χ0) is 29.2. The molecule has 1 saturated heterocycles. The van der Waals surface area contributed by atoms with Crippen LogP contribution in [0.1, 0.15) is 17.5 Å². The van der Waals surface area contributed by atoms with Crippen LogP contribution in [0.3, 0.4) is 0 Å². The molecule has 41 heavy (non-hydrogen) atoms. The highest BCUT2D eigenvalue weighted by Crippen LogP contribution is 2.34. The van der Waals surface area contributed by atoms with Gasteiger partial charge < -0.3 is 24.4 Å². The second-order valence-corrected chi connectivity index (χ2v) is 10.8. The zero-order valence-electron chi connectivity index (χ0n) is 23.6. The van der Waals surface area contributed by atoms with Gasteiger partial charge in [-0.15, -0.1) is 0 Å². The molecule has 3 aromatic carbocycles. The molecule has 0 spiro atoms. The summed E-state index contributed by atoms with van der Waals surface area (Å²) in [5.74, 6) is 1.08. The molecule has 10 nitrogen and oxygen atoms in total. The lowest BCUT2D eigenvalue weighted by molar-refractivity contribution is -0.385. The molecule has 0 aliphatic carbocycles. The first-order chi connectivity index (χ1) is 19.9. The van der Waals surface area contributed by atoms with E-state index in [0.717, 1.165) is 41.4 Å². The number of nitrogens with one attached hydrogen (secondary N) is 1. The van der Waals surface area contributed by atoms with Crippen LogP contribution < -0.4 is 14.8 Å². The molecule has 0 aromatic heterocycles. The van der Waals surface area contributed by atoms with Gasteiger partial charge in [0.15, 0.2) is 0 Å². The van der Waals surface area contributed by atoms with Crippen LogP contribution in [0.5, 0.6) is 11.5 Å². The molecular formula is C30H36N4O6S. The second kappa shape index (κ2) is 14.7. The van der Waals surface area contributed by atoms with Gasteiger partial charge in [0, 0.05) is 60.7 Å². The van der Waals surface area contributed by atoms with E-state index in [0.29, 0.717) is 42.5 Å². The average Bonchev–Trinajstić information content (AvgIpc) is 2.99. The van der Waals surface area contributed by atoms with Crippen LogP contribution in [0, 0.1) is 17.0 Å². The third kappa shape index (κ3) is 8.59. The van der Waals surface area contributed by atoms with Crippen LogP contribution in [0.15, 0.2) is 70.5 Å². The molecule has 0 saturated carbocycles. The molecule has 0 unspecified atom stereocenters. The molecule has 0 bridgehead atoms. The molecule has 1 aliphatic rings. The van der Waals surface area contributed by atoms with E-state index < -0.39 is 4.92 Å². The van der Waals surface area contributed by atoms with Crippen molar-refractivity contribution in [3.63, 3.8) is 0 Å². The predicted molar refractivity (Wildman–Crippen MR) is 159 cm³/mol. The van der Waals surface area contributed by atoms with Crippen molar-refractivity contribution in [1.29, 1.82) is 0 Å². The first-order valence-electron chi connectivity index (χ1n) is 13.5. The molecule has 11 heteroatoms. The van der Waals surface area contributed by atoms with Crippen molar-refractivity contribution in [1.82, 2.24) is 9.80 Å². The third-order valence-electron chi connectivity index (χ3n) is 6.81. The second-order valence-electron chi connectivity index (χ2n) is 9.69. The van der Waals surface area contributed by atoms with Crippen LogP contribution >= 0.6 is 11.8 Å². The largest absolute Gasteiger partial charge is 0.497 e. The summed E-state index contributed by atoms with van der Waals surface area (Å²) < 4.78 is 16.2. The fourth-order valence-electron chi connectivity index (χ4n) is 4.50. The molecule has 0 atom stereocenters. The maximum absolute atomic E-state index is 13.7. The number of morpholine rings is 1. The number of hydrogen-bond donors (Lipinski definition) is 1. The molecule has 1 aliphatic heterocycles. The van der Waals surface area contributed by atoms with E-state index in [2.05, 4.69) is 10.2 Å². The van der Waals surface area contributed by atoms with E-state index in [1.54, 1.807) is 42.3 Å². The van der Waals surface area contributed by atoms with Crippen molar-refractivity contribution < 1.29 is 23.9 Å². The molecule has 1 fully saturated rings. The number of carbonyl (C=O) groups is 1. The minimum Gasteiger partial charge on any atom is -0.497 e. The summed E-state index contributed by atoms with van der Waals surface area (Å²) in [4.78, 5) is 30.8. The topological polar surface area (TPSA) is 106 Å². The van der Waals surface area contributed by atoms with Crippen LogP contribution in [0.4, 0.5) is 16.2 Å². The summed E-state index contributed by atoms with van der Waals surface area (Å²) in [6.45, 7) is 6.62. The Morgan fingerprint density at radius 1 is 1.07 bits per heavy atom. The van der Waals surface area contributed by atoms with Gasteiger partial charge in [0.1, 0.15) is 11.5 Å². The maximum atomic E-state index is 13.7. The van der Waals surface area contributed by atoms with Crippen molar-refractivity contribution in [2.75, 3.05) is 58.9 Å². The number of non-ortho nitro benzene ring substituents is 1. The Morgan fingerprint density at radius 3 is 2.51 bits per heavy atom. The molecule has 0 radical (unpaired) electrons. The number of nitro benzene ring substituents is 1. The number of aryl methyl sites for hydroxylation is 1. The molecule has 3 aromatic rings. The summed E-state index contributed by atoms with van der Waals surface area (Å²) in [6, 6.07) is 17.8. The van der Waals surface area contributed by atoms with Crippen molar-refractivity contribution in [3.8, 4) is 11.5 Å². The lowest BCUT2D eigenvalue weighted by Gasteiger charge is -2.29. The Balaban J connectivity index is 1.59. The number of hydrogen-bond acceptors (Lipinski definition) is 8. The number of amides is 2. The van der Waals surface area contributed by atoms with E-state index >= 15 is 0 Å². The van der Waals surface area contributed by atoms with Gasteiger partial charge in [-0.2, -0.15) is 0 Å². The fourth-order valence-corrected chi connectivity index (χ4v) is 5.42. The van der Waals surface area contributed by atoms with Crippen LogP contribution in [0.25, 0.3) is 0 Å². The van der Waals surface area contributed by atoms with Gasteiger partial charge in [0.05, 0.1) is 38.0 Å². The minimum absolute atomic E-state index is 0.0150. The number of benzene rings is 3. The summed E-state index contributed by atoms with van der Waals surface area (Å²) in [5.41, 5.74) is 2.34. The van der Waals surface area contributed by atoms with E-state index in [1.807, 2.05) is 31.2 Å². The molecule has 1 heterocycles. The van der Waals surface area contributed by atoms with E-state index in [4.69, 9.17) is 14.2 Å². The minimum atomic E-state index is -0.408. The Morgan fingerprint density at radius 2 is 1.83 bits per heavy atom. The van der Waals surface area contributed by atoms with Crippen molar-refractivity contribution in [2.45, 2.75) is 29.7 Å². The van der Waals surface area contributed by atoms with E-state index in [-0.39, 0.29) is 18.3 Å². The van der Waals surface area contributed by atoms with Gasteiger partial charge in [-0.25, -0.2) is 4.79 Å². The number of nitrogens with zero attached hydrogens (tertiary/aromatic N) is 3. The lowest BCUT2D eigenvalue weighted by atomic mass is 10.2. The summed E-state index contributed by atoms with van der Waals surface area (Å²) in [5, 5.41) is 14.6. The fraction of sp³-hybridized carbons (Fsp3) is 0.367. The highest BCUT2D eigenvalue weighted by atomic mass is 32.2. The molecule has 1 N–H and O–H groups in total. The molecular weight excluding hydrogens is 544 g/mol. The van der Waals surface area contributed by atoms with Gasteiger partial charge in [0.25, 0.3) is 5.69 Å². The Labute approximate surface area is 244 Å². The van der Waals surface area contributed by atoms with E-state index in [1.165, 1.54) is 24.9 Å². The molecule has 2 amide bonds. The number of ether oxygens (including phenoxy) is 3. The van der Waals surface area contributed by atoms with Crippen LogP contribution in [-0.2, 0) is 11.3 Å². The third-order valence-corrected chi connectivity index (χ3v) is 7.93. The van der Waals surface area contributed by atoms with Gasteiger partial charge in [-0.1, -0.05) is 29.5 Å². The number of methoxy groups -OCH3 is 2. The number of rotatable bonds is 12. The van der Waals surface area contributed by atoms with Gasteiger partial charge in [-0.05, 0) is 49.2 Å². The first-order valence-corrected chi connectivity index (χ1v) is 14.3. The Bertz CT molecular complexity index is 1330. The van der Waals surface area contributed by atoms with Gasteiger partial charge in [0.2, 0.25) is 0 Å². The predicted octanol–water partition coefficient (Wildman–Crippen LogP) is 5.83. The van der Waals surface area contributed by atoms with E-state index in [9.17, 15) is 14.9 Å². The van der Waals surface area contributed by atoms with Crippen molar-refractivity contribution >= 4 is 29.2 Å². The molecule has 4 rings (SSSR count). The monoisotopic (exact) mass is 580 g/mol. The summed E-state index contributed by atoms with van der Waals surface area (Å²) >= 11 is 1.52. The highest BCUT2D eigenvalue weighted by Gasteiger charge is 2.21. The first kappa shape index (κ1) is 30.2. The quantitative estimate of drug-likeness (QED) is 0.211. The number of carbonyl (C=O) groups excluding carboxylic acids is 1. The van der Waals surface area contributed by atoms with Crippen LogP contribution in [-0.4, -0.2) is 74.4 Å². The highest BCUT2D eigenvalue weighted by molar-refractivity contribution is 7.99. The zero-order valence-corrected chi connectivity index (χ0v) is 24.4. The van der Waals surface area contributed by atoms with Crippen molar-refractivity contribution in [3.05, 3.63) is 81.9 Å². The SMILES string of the molecule is COc1ccc(NC(=O)N(CCCN2CCOCC2)Cc2cc([N+](=O)[O-])ccc2Sc2ccc(C)cc2)c(OC)c1. The van der Waals surface area contributed by atoms with Gasteiger partial charge in [-0.3, -0.25) is 15.0 Å². The standard InChI is InChI=1S/C30H36N4O6S/c1-22-5-9-26(10-6-22)41-29-12-7-24(34(36)37)19-23(29)21-33(14-4-13-32-15-17-40-18-16-32)30(35)31-27-11-8-25(38-2)20-28(27)39-3/h5-12,19-20H,4,13-18,21H2,1-3H3,(H,31,35). The summed E-state index contributed by atoms with van der Waals surface area (Å²) in [6.07, 6.45) is 0.739. The number of nitro groups is 1. The Hall–Kier alpha value is -3.80.